The van der Waals surface area contributed by atoms with Gasteiger partial charge in [0.05, 0.1) is 6.10 Å². The second-order valence-corrected chi connectivity index (χ2v) is 4.69. The fourth-order valence-electron chi connectivity index (χ4n) is 2.36. The summed E-state index contributed by atoms with van der Waals surface area (Å²) in [7, 11) is 0. The van der Waals surface area contributed by atoms with Gasteiger partial charge in [0.2, 0.25) is 0 Å². The van der Waals surface area contributed by atoms with Gasteiger partial charge in [-0.15, -0.1) is 0 Å². The van der Waals surface area contributed by atoms with Gasteiger partial charge in [0.25, 0.3) is 0 Å². The van der Waals surface area contributed by atoms with Crippen LogP contribution in [-0.2, 0) is 0 Å². The summed E-state index contributed by atoms with van der Waals surface area (Å²) in [5.41, 5.74) is 0.793. The monoisotopic (exact) mass is 280 g/mol. The van der Waals surface area contributed by atoms with Crippen LogP contribution in [-0.4, -0.2) is 5.11 Å². The quantitative estimate of drug-likeness (QED) is 0.808. The molecule has 0 saturated carbocycles. The van der Waals surface area contributed by atoms with Gasteiger partial charge >= 0.3 is 0 Å². The summed E-state index contributed by atoms with van der Waals surface area (Å²) in [6, 6.07) is 8.68. The van der Waals surface area contributed by atoms with Crippen molar-refractivity contribution in [1.82, 2.24) is 0 Å². The van der Waals surface area contributed by atoms with Crippen LogP contribution in [0.4, 0.5) is 13.2 Å². The molecule has 0 fully saturated rings. The summed E-state index contributed by atoms with van der Waals surface area (Å²) in [4.78, 5) is 0. The maximum atomic E-state index is 13.3. The second-order valence-electron chi connectivity index (χ2n) is 4.69. The number of rotatable bonds is 1. The number of fused-ring (bicyclic) bond motifs is 1. The zero-order valence-corrected chi connectivity index (χ0v) is 10.3. The topological polar surface area (TPSA) is 29.5 Å². The predicted molar refractivity (Wildman–Crippen MR) is 65.7 cm³/mol. The minimum absolute atomic E-state index is 0.154. The summed E-state index contributed by atoms with van der Waals surface area (Å²) < 4.78 is 45.1. The molecule has 2 aromatic rings. The van der Waals surface area contributed by atoms with Gasteiger partial charge in [0.1, 0.15) is 11.9 Å². The highest BCUT2D eigenvalue weighted by Gasteiger charge is 2.29. The highest BCUT2D eigenvalue weighted by Crippen LogP contribution is 2.40. The van der Waals surface area contributed by atoms with Gasteiger partial charge in [-0.25, -0.2) is 13.2 Å². The molecular weight excluding hydrogens is 269 g/mol. The fraction of sp³-hybridized carbons (Fsp3) is 0.200. The minimum Gasteiger partial charge on any atom is -0.485 e. The molecular formula is C15H11F3O2. The minimum atomic E-state index is -1.51. The van der Waals surface area contributed by atoms with Crippen molar-refractivity contribution in [3.63, 3.8) is 0 Å². The molecule has 2 atom stereocenters. The van der Waals surface area contributed by atoms with Crippen molar-refractivity contribution in [1.29, 1.82) is 0 Å². The predicted octanol–water partition coefficient (Wildman–Crippen LogP) is 3.66. The summed E-state index contributed by atoms with van der Waals surface area (Å²) in [5, 5.41) is 10.0. The molecule has 20 heavy (non-hydrogen) atoms. The smallest absolute Gasteiger partial charge is 0.194 e. The molecule has 0 aliphatic carbocycles. The molecule has 1 aliphatic heterocycles. The standard InChI is InChI=1S/C15H11F3O2/c16-10-5-8(6-11(17)15(10)18)14-7-12(19)9-3-1-2-4-13(9)20-14/h1-6,12,14,19H,7H2/t12-,14?/m0/s1. The van der Waals surface area contributed by atoms with Crippen LogP contribution in [0.1, 0.15) is 29.8 Å². The highest BCUT2D eigenvalue weighted by atomic mass is 19.2. The Hall–Kier alpha value is -2.01. The first-order valence-corrected chi connectivity index (χ1v) is 6.14. The van der Waals surface area contributed by atoms with Crippen molar-refractivity contribution in [3.8, 4) is 5.75 Å². The number of ether oxygens (including phenoxy) is 1. The molecule has 104 valence electrons. The summed E-state index contributed by atoms with van der Waals surface area (Å²) in [6.45, 7) is 0. The molecule has 1 aliphatic rings. The van der Waals surface area contributed by atoms with Crippen molar-refractivity contribution in [2.24, 2.45) is 0 Å². The van der Waals surface area contributed by atoms with Crippen LogP contribution in [0.25, 0.3) is 0 Å². The lowest BCUT2D eigenvalue weighted by molar-refractivity contribution is 0.0653. The SMILES string of the molecule is O[C@H]1CC(c2cc(F)c(F)c(F)c2)Oc2ccccc21. The van der Waals surface area contributed by atoms with Gasteiger partial charge in [-0.1, -0.05) is 18.2 Å². The van der Waals surface area contributed by atoms with Crippen molar-refractivity contribution in [3.05, 3.63) is 65.0 Å². The van der Waals surface area contributed by atoms with E-state index in [2.05, 4.69) is 0 Å². The number of aliphatic hydroxyl groups excluding tert-OH is 1. The molecule has 1 unspecified atom stereocenters. The van der Waals surface area contributed by atoms with E-state index >= 15 is 0 Å². The van der Waals surface area contributed by atoms with E-state index in [1.807, 2.05) is 0 Å². The third-order valence-electron chi connectivity index (χ3n) is 3.36. The van der Waals surface area contributed by atoms with Crippen LogP contribution < -0.4 is 4.74 Å². The Bertz CT molecular complexity index is 634. The number of hydrogen-bond acceptors (Lipinski definition) is 2. The van der Waals surface area contributed by atoms with E-state index < -0.39 is 29.7 Å². The van der Waals surface area contributed by atoms with Crippen LogP contribution in [0.5, 0.6) is 5.75 Å². The Balaban J connectivity index is 1.98. The number of halogens is 3. The highest BCUT2D eigenvalue weighted by molar-refractivity contribution is 5.38. The number of hydrogen-bond donors (Lipinski definition) is 1. The molecule has 0 spiro atoms. The molecule has 0 amide bonds. The van der Waals surface area contributed by atoms with Crippen LogP contribution in [0, 0.1) is 17.5 Å². The van der Waals surface area contributed by atoms with Crippen LogP contribution in [0.3, 0.4) is 0 Å². The molecule has 0 bridgehead atoms. The number of para-hydroxylation sites is 1. The average molecular weight is 280 g/mol. The third kappa shape index (κ3) is 2.14. The maximum Gasteiger partial charge on any atom is 0.194 e. The summed E-state index contributed by atoms with van der Waals surface area (Å²) in [6.07, 6.45) is -1.35. The van der Waals surface area contributed by atoms with Crippen LogP contribution in [0.15, 0.2) is 36.4 Å². The zero-order valence-electron chi connectivity index (χ0n) is 10.3. The zero-order chi connectivity index (χ0) is 14.3. The van der Waals surface area contributed by atoms with E-state index in [9.17, 15) is 18.3 Å². The largest absolute Gasteiger partial charge is 0.485 e. The van der Waals surface area contributed by atoms with Gasteiger partial charge in [-0.05, 0) is 23.8 Å². The lowest BCUT2D eigenvalue weighted by atomic mass is 9.95. The van der Waals surface area contributed by atoms with Crippen molar-refractivity contribution in [2.45, 2.75) is 18.6 Å². The average Bonchev–Trinajstić information content (AvgIpc) is 2.44. The summed E-state index contributed by atoms with van der Waals surface area (Å²) in [5.74, 6) is -3.58. The molecule has 0 saturated heterocycles. The maximum absolute atomic E-state index is 13.3. The van der Waals surface area contributed by atoms with Crippen molar-refractivity contribution >= 4 is 0 Å². The normalized spacial score (nSPS) is 21.2. The van der Waals surface area contributed by atoms with E-state index in [0.29, 0.717) is 11.3 Å². The molecule has 2 aromatic carbocycles. The second kappa shape index (κ2) is 4.83. The molecule has 1 heterocycles. The first-order chi connectivity index (χ1) is 9.56. The Morgan fingerprint density at radius 1 is 1.05 bits per heavy atom. The molecule has 2 nitrogen and oxygen atoms in total. The van der Waals surface area contributed by atoms with E-state index in [0.717, 1.165) is 12.1 Å². The molecule has 0 radical (unpaired) electrons. The van der Waals surface area contributed by atoms with Gasteiger partial charge < -0.3 is 9.84 Å². The molecule has 1 N–H and O–H groups in total. The Morgan fingerprint density at radius 3 is 2.40 bits per heavy atom. The van der Waals surface area contributed by atoms with Crippen molar-refractivity contribution < 1.29 is 23.0 Å². The first-order valence-electron chi connectivity index (χ1n) is 6.14. The molecule has 5 heteroatoms. The van der Waals surface area contributed by atoms with Crippen LogP contribution >= 0.6 is 0 Å². The summed E-state index contributed by atoms with van der Waals surface area (Å²) >= 11 is 0. The van der Waals surface area contributed by atoms with Gasteiger partial charge in [-0.3, -0.25) is 0 Å². The first kappa shape index (κ1) is 13.0. The van der Waals surface area contributed by atoms with Gasteiger partial charge in [0.15, 0.2) is 17.5 Å². The van der Waals surface area contributed by atoms with E-state index in [-0.39, 0.29) is 12.0 Å². The lowest BCUT2D eigenvalue weighted by Gasteiger charge is -2.29. The Morgan fingerprint density at radius 2 is 1.70 bits per heavy atom. The Labute approximate surface area is 113 Å². The van der Waals surface area contributed by atoms with E-state index in [4.69, 9.17) is 4.74 Å². The third-order valence-corrected chi connectivity index (χ3v) is 3.36. The Kier molecular flexibility index (Phi) is 3.14. The molecule has 3 rings (SSSR count). The number of aliphatic hydroxyl groups is 1. The van der Waals surface area contributed by atoms with E-state index in [1.54, 1.807) is 24.3 Å². The van der Waals surface area contributed by atoms with Gasteiger partial charge in [0, 0.05) is 12.0 Å². The fourth-order valence-corrected chi connectivity index (χ4v) is 2.36. The van der Waals surface area contributed by atoms with E-state index in [1.165, 1.54) is 0 Å². The van der Waals surface area contributed by atoms with Crippen LogP contribution in [0.2, 0.25) is 0 Å². The molecule has 0 aromatic heterocycles. The van der Waals surface area contributed by atoms with Gasteiger partial charge in [-0.2, -0.15) is 0 Å². The lowest BCUT2D eigenvalue weighted by Crippen LogP contribution is -2.19. The van der Waals surface area contributed by atoms with Crippen molar-refractivity contribution in [2.75, 3.05) is 0 Å². The number of benzene rings is 2.